The van der Waals surface area contributed by atoms with Gasteiger partial charge in [-0.05, 0) is 44.9 Å². The lowest BCUT2D eigenvalue weighted by molar-refractivity contribution is -0.251. The van der Waals surface area contributed by atoms with E-state index in [9.17, 15) is 9.90 Å². The van der Waals surface area contributed by atoms with Gasteiger partial charge in [-0.15, -0.1) is 0 Å². The molecule has 8 atom stereocenters. The molecule has 5 fully saturated rings. The Kier molecular flexibility index (Phi) is 3.16. The largest absolute Gasteiger partial charge is 0.462 e. The Morgan fingerprint density at radius 1 is 1.16 bits per heavy atom. The number of aliphatic hydroxyl groups excluding tert-OH is 1. The van der Waals surface area contributed by atoms with Crippen LogP contribution in [0.25, 0.3) is 0 Å². The summed E-state index contributed by atoms with van der Waals surface area (Å²) in [5.41, 5.74) is -1.01. The lowest BCUT2D eigenvalue weighted by atomic mass is 9.44. The summed E-state index contributed by atoms with van der Waals surface area (Å²) in [7, 11) is 0. The summed E-state index contributed by atoms with van der Waals surface area (Å²) in [6.45, 7) is 7.23. The summed E-state index contributed by atoms with van der Waals surface area (Å²) >= 11 is 0. The molecule has 5 aliphatic rings. The van der Waals surface area contributed by atoms with E-state index >= 15 is 0 Å². The van der Waals surface area contributed by atoms with Crippen molar-refractivity contribution in [2.24, 2.45) is 22.7 Å². The van der Waals surface area contributed by atoms with E-state index in [1.165, 1.54) is 0 Å². The predicted molar refractivity (Wildman–Crippen MR) is 89.6 cm³/mol. The average Bonchev–Trinajstić information content (AvgIpc) is 3.17. The van der Waals surface area contributed by atoms with Crippen LogP contribution in [0.2, 0.25) is 0 Å². The molecular weight excluding hydrogens is 320 g/mol. The van der Waals surface area contributed by atoms with Crippen LogP contribution in [-0.4, -0.2) is 41.3 Å². The highest BCUT2D eigenvalue weighted by molar-refractivity contribution is 5.80. The van der Waals surface area contributed by atoms with Gasteiger partial charge >= 0.3 is 5.97 Å². The van der Waals surface area contributed by atoms with Crippen LogP contribution in [0.4, 0.5) is 0 Å². The molecule has 0 bridgehead atoms. The molecule has 0 amide bonds. The van der Waals surface area contributed by atoms with Gasteiger partial charge < -0.3 is 19.3 Å². The van der Waals surface area contributed by atoms with Gasteiger partial charge in [0.25, 0.3) is 0 Å². The second-order valence-electron chi connectivity index (χ2n) is 9.89. The maximum atomic E-state index is 12.7. The molecule has 0 aromatic rings. The zero-order valence-corrected chi connectivity index (χ0v) is 15.5. The average molecular weight is 350 g/mol. The number of hydrogen-bond donors (Lipinski definition) is 1. The third-order valence-corrected chi connectivity index (χ3v) is 8.65. The highest BCUT2D eigenvalue weighted by Gasteiger charge is 2.74. The minimum absolute atomic E-state index is 0.00464. The van der Waals surface area contributed by atoms with Gasteiger partial charge in [0.05, 0.1) is 23.2 Å². The molecule has 3 heterocycles. The van der Waals surface area contributed by atoms with E-state index in [1.807, 2.05) is 0 Å². The van der Waals surface area contributed by atoms with Gasteiger partial charge in [0, 0.05) is 17.8 Å². The first kappa shape index (κ1) is 16.5. The molecular formula is C20H30O5. The van der Waals surface area contributed by atoms with Gasteiger partial charge in [-0.25, -0.2) is 0 Å². The second-order valence-corrected chi connectivity index (χ2v) is 9.89. The van der Waals surface area contributed by atoms with Gasteiger partial charge in [-0.1, -0.05) is 20.3 Å². The van der Waals surface area contributed by atoms with Gasteiger partial charge in [-0.3, -0.25) is 4.79 Å². The van der Waals surface area contributed by atoms with Crippen molar-refractivity contribution in [2.45, 2.75) is 89.3 Å². The molecule has 5 rings (SSSR count). The fraction of sp³-hybridized carbons (Fsp3) is 0.950. The van der Waals surface area contributed by atoms with E-state index in [1.54, 1.807) is 0 Å². The third kappa shape index (κ3) is 1.83. The highest BCUT2D eigenvalue weighted by atomic mass is 16.6. The zero-order valence-electron chi connectivity index (χ0n) is 15.5. The van der Waals surface area contributed by atoms with Crippen LogP contribution in [-0.2, 0) is 19.0 Å². The molecule has 140 valence electrons. The fourth-order valence-electron chi connectivity index (χ4n) is 7.57. The van der Waals surface area contributed by atoms with Crippen LogP contribution >= 0.6 is 0 Å². The standard InChI is InChI=1S/C20H30O5/c1-12-9-13-15-17(2,16(22)24-13)5-4-6-18(15,3)20(12)8-7-19(25-20)10-14(21)23-11-19/h12-15,21H,4-11H2,1-3H3/t12-,13-,14?,15?,17+,18-,19?,20-/m1/s1. The molecule has 3 saturated heterocycles. The molecule has 2 saturated carbocycles. The Labute approximate surface area is 149 Å². The summed E-state index contributed by atoms with van der Waals surface area (Å²) in [4.78, 5) is 12.7. The molecule has 3 aliphatic heterocycles. The zero-order chi connectivity index (χ0) is 17.7. The summed E-state index contributed by atoms with van der Waals surface area (Å²) in [6, 6.07) is 0. The molecule has 2 aliphatic carbocycles. The Morgan fingerprint density at radius 2 is 1.96 bits per heavy atom. The number of fused-ring (bicyclic) bond motifs is 1. The Hall–Kier alpha value is -0.650. The summed E-state index contributed by atoms with van der Waals surface area (Å²) in [5.74, 6) is 0.578. The lowest BCUT2D eigenvalue weighted by Crippen LogP contribution is -2.65. The monoisotopic (exact) mass is 350 g/mol. The predicted octanol–water partition coefficient (Wildman–Crippen LogP) is 2.79. The van der Waals surface area contributed by atoms with Crippen LogP contribution in [0.3, 0.4) is 0 Å². The van der Waals surface area contributed by atoms with Crippen LogP contribution in [0.1, 0.15) is 65.7 Å². The smallest absolute Gasteiger partial charge is 0.312 e. The van der Waals surface area contributed by atoms with Crippen molar-refractivity contribution in [2.75, 3.05) is 6.61 Å². The van der Waals surface area contributed by atoms with Crippen molar-refractivity contribution < 1.29 is 24.1 Å². The first-order valence-electron chi connectivity index (χ1n) is 9.96. The van der Waals surface area contributed by atoms with E-state index in [-0.39, 0.29) is 40.0 Å². The fourth-order valence-corrected chi connectivity index (χ4v) is 7.57. The van der Waals surface area contributed by atoms with Crippen LogP contribution in [0, 0.1) is 22.7 Å². The number of esters is 1. The van der Waals surface area contributed by atoms with E-state index < -0.39 is 6.29 Å². The minimum atomic E-state index is -0.706. The lowest BCUT2D eigenvalue weighted by Gasteiger charge is -2.62. The number of hydrogen-bond acceptors (Lipinski definition) is 5. The van der Waals surface area contributed by atoms with Crippen molar-refractivity contribution in [3.05, 3.63) is 0 Å². The van der Waals surface area contributed by atoms with E-state index in [0.29, 0.717) is 18.9 Å². The maximum absolute atomic E-state index is 12.7. The van der Waals surface area contributed by atoms with Crippen molar-refractivity contribution in [1.82, 2.24) is 0 Å². The molecule has 25 heavy (non-hydrogen) atoms. The second kappa shape index (κ2) is 4.79. The van der Waals surface area contributed by atoms with Gasteiger partial charge in [0.2, 0.25) is 0 Å². The summed E-state index contributed by atoms with van der Waals surface area (Å²) in [6.07, 6.45) is 5.79. The number of aliphatic hydroxyl groups is 1. The number of carbonyl (C=O) groups is 1. The quantitative estimate of drug-likeness (QED) is 0.681. The van der Waals surface area contributed by atoms with Crippen LogP contribution in [0.5, 0.6) is 0 Å². The SMILES string of the molecule is C[C@@H]1C[C@H]2OC(=O)[C@@]3(C)CCC[C@](C)(C23)[C@@]12CCC1(COC(O)C1)O2. The molecule has 5 nitrogen and oxygen atoms in total. The van der Waals surface area contributed by atoms with Gasteiger partial charge in [-0.2, -0.15) is 0 Å². The summed E-state index contributed by atoms with van der Waals surface area (Å²) in [5, 5.41) is 9.91. The first-order valence-corrected chi connectivity index (χ1v) is 9.96. The summed E-state index contributed by atoms with van der Waals surface area (Å²) < 4.78 is 18.3. The van der Waals surface area contributed by atoms with Gasteiger partial charge in [0.1, 0.15) is 6.10 Å². The number of carbonyl (C=O) groups excluding carboxylic acids is 1. The topological polar surface area (TPSA) is 65.0 Å². The third-order valence-electron chi connectivity index (χ3n) is 8.65. The number of rotatable bonds is 0. The molecule has 0 aromatic carbocycles. The molecule has 1 N–H and O–H groups in total. The maximum Gasteiger partial charge on any atom is 0.312 e. The molecule has 2 spiro atoms. The molecule has 3 unspecified atom stereocenters. The van der Waals surface area contributed by atoms with Crippen molar-refractivity contribution in [3.8, 4) is 0 Å². The normalized spacial score (nSPS) is 60.2. The molecule has 0 radical (unpaired) electrons. The van der Waals surface area contributed by atoms with Crippen LogP contribution < -0.4 is 0 Å². The van der Waals surface area contributed by atoms with Crippen LogP contribution in [0.15, 0.2) is 0 Å². The first-order chi connectivity index (χ1) is 11.7. The van der Waals surface area contributed by atoms with E-state index in [4.69, 9.17) is 14.2 Å². The van der Waals surface area contributed by atoms with Crippen molar-refractivity contribution in [3.63, 3.8) is 0 Å². The Bertz CT molecular complexity index is 621. The molecule has 5 heteroatoms. The molecule has 0 aromatic heterocycles. The van der Waals surface area contributed by atoms with E-state index in [0.717, 1.165) is 38.5 Å². The minimum Gasteiger partial charge on any atom is -0.462 e. The highest BCUT2D eigenvalue weighted by Crippen LogP contribution is 2.70. The van der Waals surface area contributed by atoms with E-state index in [2.05, 4.69) is 20.8 Å². The van der Waals surface area contributed by atoms with Crippen molar-refractivity contribution >= 4 is 5.97 Å². The van der Waals surface area contributed by atoms with Gasteiger partial charge in [0.15, 0.2) is 6.29 Å². The van der Waals surface area contributed by atoms with Crippen molar-refractivity contribution in [1.29, 1.82) is 0 Å². The Balaban J connectivity index is 1.58. The Morgan fingerprint density at radius 3 is 2.68 bits per heavy atom. The number of ether oxygens (including phenoxy) is 3.